The number of anilines is 1. The van der Waals surface area contributed by atoms with Gasteiger partial charge in [0.2, 0.25) is 5.91 Å². The first-order chi connectivity index (χ1) is 13.5. The maximum absolute atomic E-state index is 12.8. The van der Waals surface area contributed by atoms with Crippen molar-refractivity contribution in [2.75, 3.05) is 19.0 Å². The number of methoxy groups -OCH3 is 1. The molecular weight excluding hydrogens is 374 g/mol. The molecule has 0 aliphatic rings. The first kappa shape index (κ1) is 20.4. The summed E-state index contributed by atoms with van der Waals surface area (Å²) in [4.78, 5) is 17.5. The molecule has 0 radical (unpaired) electrons. The highest BCUT2D eigenvalue weighted by atomic mass is 32.2. The van der Waals surface area contributed by atoms with Crippen LogP contribution < -0.4 is 5.32 Å². The summed E-state index contributed by atoms with van der Waals surface area (Å²) < 4.78 is 9.20. The summed E-state index contributed by atoms with van der Waals surface area (Å²) in [5.74, 6) is 0.653. The quantitative estimate of drug-likeness (QED) is 0.549. The molecule has 1 aromatic carbocycles. The Morgan fingerprint density at radius 2 is 2.07 bits per heavy atom. The minimum Gasteiger partial charge on any atom is -0.383 e. The van der Waals surface area contributed by atoms with Crippen LogP contribution in [0.3, 0.4) is 0 Å². The van der Waals surface area contributed by atoms with E-state index in [1.54, 1.807) is 13.3 Å². The Bertz CT molecular complexity index is 936. The summed E-state index contributed by atoms with van der Waals surface area (Å²) in [5, 5.41) is 7.83. The Labute approximate surface area is 169 Å². The summed E-state index contributed by atoms with van der Waals surface area (Å²) in [6.45, 7) is 7.35. The molecule has 0 saturated carbocycles. The number of carbonyl (C=O) groups is 1. The number of nitrogens with one attached hydrogen (secondary N) is 1. The maximum atomic E-state index is 12.8. The van der Waals surface area contributed by atoms with Crippen LogP contribution >= 0.6 is 11.8 Å². The highest BCUT2D eigenvalue weighted by Crippen LogP contribution is 2.28. The van der Waals surface area contributed by atoms with Gasteiger partial charge >= 0.3 is 0 Å². The molecule has 0 saturated heterocycles. The zero-order chi connectivity index (χ0) is 20.1. The predicted octanol–water partition coefficient (Wildman–Crippen LogP) is 3.97. The number of aromatic nitrogens is 4. The molecule has 7 nitrogen and oxygen atoms in total. The molecule has 3 rings (SSSR count). The normalized spacial score (nSPS) is 13.6. The van der Waals surface area contributed by atoms with Crippen molar-refractivity contribution in [2.24, 2.45) is 0 Å². The number of benzene rings is 1. The molecule has 0 fully saturated rings. The van der Waals surface area contributed by atoms with E-state index in [4.69, 9.17) is 9.72 Å². The topological polar surface area (TPSA) is 74.0 Å². The van der Waals surface area contributed by atoms with Crippen LogP contribution in [0.2, 0.25) is 0 Å². The number of amides is 1. The van der Waals surface area contributed by atoms with Crippen molar-refractivity contribution in [1.82, 2.24) is 19.3 Å². The number of fused-ring (bicyclic) bond motifs is 1. The molecule has 1 amide bonds. The van der Waals surface area contributed by atoms with Crippen molar-refractivity contribution in [1.29, 1.82) is 0 Å². The van der Waals surface area contributed by atoms with E-state index < -0.39 is 0 Å². The van der Waals surface area contributed by atoms with Crippen molar-refractivity contribution in [3.63, 3.8) is 0 Å². The third kappa shape index (κ3) is 4.39. The van der Waals surface area contributed by atoms with E-state index in [-0.39, 0.29) is 17.2 Å². The van der Waals surface area contributed by atoms with E-state index in [0.717, 1.165) is 28.4 Å². The molecule has 0 aliphatic heterocycles. The Balaban J connectivity index is 1.76. The van der Waals surface area contributed by atoms with Crippen LogP contribution in [0.4, 0.5) is 5.82 Å². The van der Waals surface area contributed by atoms with Gasteiger partial charge in [0, 0.05) is 19.7 Å². The monoisotopic (exact) mass is 401 g/mol. The van der Waals surface area contributed by atoms with Gasteiger partial charge < -0.3 is 14.6 Å². The average Bonchev–Trinajstić information content (AvgIpc) is 3.29. The number of hydrogen-bond acceptors (Lipinski definition) is 5. The van der Waals surface area contributed by atoms with Gasteiger partial charge in [-0.1, -0.05) is 30.8 Å². The Kier molecular flexibility index (Phi) is 6.74. The summed E-state index contributed by atoms with van der Waals surface area (Å²) in [6.07, 6.45) is 2.65. The van der Waals surface area contributed by atoms with Gasteiger partial charge in [0.1, 0.15) is 5.82 Å². The van der Waals surface area contributed by atoms with E-state index >= 15 is 0 Å². The van der Waals surface area contributed by atoms with E-state index in [2.05, 4.69) is 28.8 Å². The Morgan fingerprint density at radius 1 is 1.29 bits per heavy atom. The number of nitrogens with zero attached hydrogens (tertiary/aromatic N) is 4. The van der Waals surface area contributed by atoms with Crippen molar-refractivity contribution in [3.05, 3.63) is 36.5 Å². The second-order valence-corrected chi connectivity index (χ2v) is 8.00. The Morgan fingerprint density at radius 3 is 2.82 bits per heavy atom. The van der Waals surface area contributed by atoms with Crippen LogP contribution in [-0.4, -0.2) is 44.2 Å². The molecule has 1 N–H and O–H groups in total. The molecule has 2 heterocycles. The van der Waals surface area contributed by atoms with Gasteiger partial charge in [0.25, 0.3) is 0 Å². The van der Waals surface area contributed by atoms with Gasteiger partial charge in [-0.25, -0.2) is 9.67 Å². The van der Waals surface area contributed by atoms with Crippen molar-refractivity contribution in [3.8, 4) is 0 Å². The third-order valence-electron chi connectivity index (χ3n) is 4.72. The van der Waals surface area contributed by atoms with E-state index in [1.165, 1.54) is 11.8 Å². The first-order valence-corrected chi connectivity index (χ1v) is 10.4. The molecule has 0 aliphatic carbocycles. The molecule has 3 aromatic rings. The second-order valence-electron chi connectivity index (χ2n) is 6.70. The number of carbonyl (C=O) groups excluding carboxylic acids is 1. The first-order valence-electron chi connectivity index (χ1n) is 9.50. The smallest absolute Gasteiger partial charge is 0.238 e. The largest absolute Gasteiger partial charge is 0.383 e. The van der Waals surface area contributed by atoms with Crippen LogP contribution in [0.1, 0.15) is 33.2 Å². The van der Waals surface area contributed by atoms with Gasteiger partial charge in [-0.2, -0.15) is 5.10 Å². The van der Waals surface area contributed by atoms with Crippen LogP contribution in [0.15, 0.2) is 41.7 Å². The molecule has 8 heteroatoms. The minimum atomic E-state index is -0.307. The van der Waals surface area contributed by atoms with E-state index in [9.17, 15) is 4.79 Å². The van der Waals surface area contributed by atoms with Gasteiger partial charge in [-0.15, -0.1) is 0 Å². The van der Waals surface area contributed by atoms with E-state index in [0.29, 0.717) is 13.2 Å². The highest BCUT2D eigenvalue weighted by molar-refractivity contribution is 8.00. The molecule has 2 atom stereocenters. The lowest BCUT2D eigenvalue weighted by molar-refractivity contribution is -0.115. The van der Waals surface area contributed by atoms with Crippen molar-refractivity contribution >= 4 is 34.5 Å². The number of thioether (sulfide) groups is 1. The minimum absolute atomic E-state index is 0.0691. The fraction of sp³-hybridized carbons (Fsp3) is 0.450. The molecule has 2 aromatic heterocycles. The SMILES string of the molecule is CC[C@H](C)n1nccc1NC(=O)[C@H](C)Sc1nc2ccccc2n1CCOC. The number of para-hydroxylation sites is 2. The molecule has 28 heavy (non-hydrogen) atoms. The highest BCUT2D eigenvalue weighted by Gasteiger charge is 2.21. The Hall–Kier alpha value is -2.32. The molecule has 0 spiro atoms. The lowest BCUT2D eigenvalue weighted by atomic mass is 10.3. The number of imidazole rings is 1. The number of rotatable bonds is 9. The standard InChI is InChI=1S/C20H27N5O2S/c1-5-14(2)25-18(10-11-21-25)23-19(26)15(3)28-20-22-16-8-6-7-9-17(16)24(20)12-13-27-4/h6-11,14-15H,5,12-13H2,1-4H3,(H,23,26)/t14-,15-/m0/s1. The van der Waals surface area contributed by atoms with Crippen molar-refractivity contribution < 1.29 is 9.53 Å². The molecule has 0 bridgehead atoms. The maximum Gasteiger partial charge on any atom is 0.238 e. The molecular formula is C20H27N5O2S. The molecule has 150 valence electrons. The van der Waals surface area contributed by atoms with Crippen LogP contribution in [-0.2, 0) is 16.1 Å². The van der Waals surface area contributed by atoms with Gasteiger partial charge in [0.15, 0.2) is 5.16 Å². The summed E-state index contributed by atoms with van der Waals surface area (Å²) in [5.41, 5.74) is 1.97. The lowest BCUT2D eigenvalue weighted by Gasteiger charge is -2.16. The predicted molar refractivity (Wildman–Crippen MR) is 113 cm³/mol. The lowest BCUT2D eigenvalue weighted by Crippen LogP contribution is -2.25. The number of hydrogen-bond donors (Lipinski definition) is 1. The fourth-order valence-corrected chi connectivity index (χ4v) is 3.87. The fourth-order valence-electron chi connectivity index (χ4n) is 2.92. The van der Waals surface area contributed by atoms with Gasteiger partial charge in [0.05, 0.1) is 35.1 Å². The van der Waals surface area contributed by atoms with Gasteiger partial charge in [-0.05, 0) is 32.4 Å². The average molecular weight is 402 g/mol. The third-order valence-corrected chi connectivity index (χ3v) is 5.81. The van der Waals surface area contributed by atoms with Crippen LogP contribution in [0.5, 0.6) is 0 Å². The van der Waals surface area contributed by atoms with Crippen LogP contribution in [0, 0.1) is 0 Å². The second kappa shape index (κ2) is 9.25. The zero-order valence-corrected chi connectivity index (χ0v) is 17.6. The number of ether oxygens (including phenoxy) is 1. The van der Waals surface area contributed by atoms with Crippen LogP contribution in [0.25, 0.3) is 11.0 Å². The summed E-state index contributed by atoms with van der Waals surface area (Å²) in [6, 6.07) is 10.0. The van der Waals surface area contributed by atoms with E-state index in [1.807, 2.05) is 41.9 Å². The van der Waals surface area contributed by atoms with Gasteiger partial charge in [-0.3, -0.25) is 4.79 Å². The summed E-state index contributed by atoms with van der Waals surface area (Å²) >= 11 is 1.45. The molecule has 0 unspecified atom stereocenters. The van der Waals surface area contributed by atoms with Crippen molar-refractivity contribution in [2.45, 2.75) is 50.2 Å². The zero-order valence-electron chi connectivity index (χ0n) is 16.8. The summed E-state index contributed by atoms with van der Waals surface area (Å²) in [7, 11) is 1.68.